The van der Waals surface area contributed by atoms with E-state index in [4.69, 9.17) is 9.84 Å². The summed E-state index contributed by atoms with van der Waals surface area (Å²) in [4.78, 5) is 10.7. The van der Waals surface area contributed by atoms with Gasteiger partial charge in [-0.15, -0.1) is 0 Å². The van der Waals surface area contributed by atoms with Crippen molar-refractivity contribution in [2.75, 3.05) is 0 Å². The Morgan fingerprint density at radius 1 is 1.50 bits per heavy atom. The van der Waals surface area contributed by atoms with E-state index in [2.05, 4.69) is 15.9 Å². The van der Waals surface area contributed by atoms with Gasteiger partial charge in [-0.3, -0.25) is 0 Å². The highest BCUT2D eigenvalue weighted by Crippen LogP contribution is 2.33. The Kier molecular flexibility index (Phi) is 3.16. The van der Waals surface area contributed by atoms with E-state index in [1.807, 2.05) is 0 Å². The number of carbonyl (C=O) groups is 1. The zero-order chi connectivity index (χ0) is 11.7. The van der Waals surface area contributed by atoms with Crippen LogP contribution >= 0.6 is 15.9 Å². The largest absolute Gasteiger partial charge is 0.490 e. The number of hydrogen-bond donors (Lipinski definition) is 2. The molecule has 0 amide bonds. The summed E-state index contributed by atoms with van der Waals surface area (Å²) in [5.41, 5.74) is 0.286. The van der Waals surface area contributed by atoms with Crippen molar-refractivity contribution in [2.24, 2.45) is 0 Å². The highest BCUT2D eigenvalue weighted by atomic mass is 79.9. The monoisotopic (exact) mass is 286 g/mol. The molecule has 2 rings (SSSR count). The predicted octanol–water partition coefficient (Wildman–Crippen LogP) is 2.11. The first-order valence-electron chi connectivity index (χ1n) is 4.95. The van der Waals surface area contributed by atoms with E-state index >= 15 is 0 Å². The molecule has 1 aromatic carbocycles. The summed E-state index contributed by atoms with van der Waals surface area (Å²) >= 11 is 3.24. The maximum absolute atomic E-state index is 10.7. The first-order chi connectivity index (χ1) is 7.58. The Hall–Kier alpha value is -1.07. The standard InChI is InChI=1S/C11H11BrO4/c12-6-1-4-9(16-7-2-3-7)8(5-6)10(13)11(14)15/h1,4-5,7,10,13H,2-3H2,(H,14,15). The second kappa shape index (κ2) is 4.43. The van der Waals surface area contributed by atoms with Crippen molar-refractivity contribution in [1.82, 2.24) is 0 Å². The molecule has 1 unspecified atom stereocenters. The third-order valence-corrected chi connectivity index (χ3v) is 2.81. The van der Waals surface area contributed by atoms with Gasteiger partial charge in [-0.05, 0) is 31.0 Å². The third kappa shape index (κ3) is 2.54. The molecule has 2 N–H and O–H groups in total. The summed E-state index contributed by atoms with van der Waals surface area (Å²) in [5, 5.41) is 18.3. The highest BCUT2D eigenvalue weighted by Gasteiger charge is 2.27. The van der Waals surface area contributed by atoms with Gasteiger partial charge in [0.05, 0.1) is 6.10 Å². The van der Waals surface area contributed by atoms with Crippen molar-refractivity contribution >= 4 is 21.9 Å². The number of aliphatic hydroxyl groups is 1. The van der Waals surface area contributed by atoms with Crippen LogP contribution in [0.1, 0.15) is 24.5 Å². The van der Waals surface area contributed by atoms with Crippen molar-refractivity contribution in [3.05, 3.63) is 28.2 Å². The molecule has 0 heterocycles. The molecule has 0 bridgehead atoms. The van der Waals surface area contributed by atoms with Gasteiger partial charge in [0.2, 0.25) is 0 Å². The van der Waals surface area contributed by atoms with Crippen LogP contribution in [0, 0.1) is 0 Å². The number of hydrogen-bond acceptors (Lipinski definition) is 3. The van der Waals surface area contributed by atoms with Gasteiger partial charge in [-0.2, -0.15) is 0 Å². The molecule has 1 aromatic rings. The number of carboxylic acids is 1. The van der Waals surface area contributed by atoms with Crippen LogP contribution in [0.2, 0.25) is 0 Å². The van der Waals surface area contributed by atoms with Crippen LogP contribution in [0.25, 0.3) is 0 Å². The molecular weight excluding hydrogens is 276 g/mol. The van der Waals surface area contributed by atoms with E-state index in [1.165, 1.54) is 0 Å². The van der Waals surface area contributed by atoms with E-state index in [1.54, 1.807) is 18.2 Å². The fourth-order valence-corrected chi connectivity index (χ4v) is 1.72. The van der Waals surface area contributed by atoms with Gasteiger partial charge in [0.15, 0.2) is 6.10 Å². The smallest absolute Gasteiger partial charge is 0.337 e. The Morgan fingerprint density at radius 3 is 2.75 bits per heavy atom. The molecule has 0 saturated heterocycles. The maximum atomic E-state index is 10.7. The number of rotatable bonds is 4. The Morgan fingerprint density at radius 2 is 2.19 bits per heavy atom. The zero-order valence-corrected chi connectivity index (χ0v) is 9.98. The number of halogens is 1. The van der Waals surface area contributed by atoms with E-state index < -0.39 is 12.1 Å². The molecule has 1 saturated carbocycles. The van der Waals surface area contributed by atoms with Crippen molar-refractivity contribution in [2.45, 2.75) is 25.0 Å². The van der Waals surface area contributed by atoms with Gasteiger partial charge >= 0.3 is 5.97 Å². The highest BCUT2D eigenvalue weighted by molar-refractivity contribution is 9.10. The van der Waals surface area contributed by atoms with E-state index in [9.17, 15) is 9.90 Å². The summed E-state index contributed by atoms with van der Waals surface area (Å²) in [6.45, 7) is 0. The molecule has 4 nitrogen and oxygen atoms in total. The van der Waals surface area contributed by atoms with Gasteiger partial charge in [0.1, 0.15) is 5.75 Å². The van der Waals surface area contributed by atoms with Crippen LogP contribution in [-0.4, -0.2) is 22.3 Å². The average Bonchev–Trinajstić information content (AvgIpc) is 3.03. The van der Waals surface area contributed by atoms with Crippen LogP contribution in [0.15, 0.2) is 22.7 Å². The Labute approximate surface area is 101 Å². The summed E-state index contributed by atoms with van der Waals surface area (Å²) in [7, 11) is 0. The summed E-state index contributed by atoms with van der Waals surface area (Å²) < 4.78 is 6.25. The van der Waals surface area contributed by atoms with Gasteiger partial charge in [0.25, 0.3) is 0 Å². The summed E-state index contributed by atoms with van der Waals surface area (Å²) in [6.07, 6.45) is 0.587. The van der Waals surface area contributed by atoms with Crippen molar-refractivity contribution in [1.29, 1.82) is 0 Å². The Balaban J connectivity index is 2.30. The third-order valence-electron chi connectivity index (χ3n) is 2.32. The molecule has 1 fully saturated rings. The van der Waals surface area contributed by atoms with Crippen LogP contribution in [0.4, 0.5) is 0 Å². The predicted molar refractivity (Wildman–Crippen MR) is 60.4 cm³/mol. The van der Waals surface area contributed by atoms with Crippen molar-refractivity contribution < 1.29 is 19.7 Å². The topological polar surface area (TPSA) is 66.8 Å². The minimum Gasteiger partial charge on any atom is -0.490 e. The lowest BCUT2D eigenvalue weighted by atomic mass is 10.1. The van der Waals surface area contributed by atoms with Gasteiger partial charge in [-0.25, -0.2) is 4.79 Å². The van der Waals surface area contributed by atoms with E-state index in [0.29, 0.717) is 10.2 Å². The van der Waals surface area contributed by atoms with Crippen LogP contribution < -0.4 is 4.74 Å². The second-order valence-corrected chi connectivity index (χ2v) is 4.66. The number of carboxylic acid groups (broad SMARTS) is 1. The molecule has 1 aliphatic carbocycles. The Bertz CT molecular complexity index is 414. The van der Waals surface area contributed by atoms with Crippen LogP contribution in [-0.2, 0) is 4.79 Å². The normalized spacial score (nSPS) is 16.9. The minimum absolute atomic E-state index is 0.168. The fraction of sp³-hybridized carbons (Fsp3) is 0.364. The molecule has 86 valence electrons. The quantitative estimate of drug-likeness (QED) is 0.890. The second-order valence-electron chi connectivity index (χ2n) is 3.74. The minimum atomic E-state index is -1.55. The molecule has 5 heteroatoms. The van der Waals surface area contributed by atoms with Crippen molar-refractivity contribution in [3.63, 3.8) is 0 Å². The molecular formula is C11H11BrO4. The van der Waals surface area contributed by atoms with Gasteiger partial charge in [-0.1, -0.05) is 15.9 Å². The zero-order valence-electron chi connectivity index (χ0n) is 8.39. The molecule has 0 spiro atoms. The van der Waals surface area contributed by atoms with Crippen LogP contribution in [0.5, 0.6) is 5.75 Å². The maximum Gasteiger partial charge on any atom is 0.337 e. The first-order valence-corrected chi connectivity index (χ1v) is 5.74. The number of aliphatic hydroxyl groups excluding tert-OH is 1. The number of ether oxygens (including phenoxy) is 1. The number of benzene rings is 1. The molecule has 0 radical (unpaired) electrons. The number of aliphatic carboxylic acids is 1. The van der Waals surface area contributed by atoms with Gasteiger partial charge in [0, 0.05) is 10.0 Å². The first kappa shape index (κ1) is 11.4. The lowest BCUT2D eigenvalue weighted by molar-refractivity contribution is -0.147. The lowest BCUT2D eigenvalue weighted by Crippen LogP contribution is -2.12. The van der Waals surface area contributed by atoms with E-state index in [0.717, 1.165) is 12.8 Å². The van der Waals surface area contributed by atoms with Gasteiger partial charge < -0.3 is 14.9 Å². The average molecular weight is 287 g/mol. The van der Waals surface area contributed by atoms with Crippen LogP contribution in [0.3, 0.4) is 0 Å². The molecule has 16 heavy (non-hydrogen) atoms. The lowest BCUT2D eigenvalue weighted by Gasteiger charge is -2.13. The molecule has 0 aliphatic heterocycles. The summed E-state index contributed by atoms with van der Waals surface area (Å²) in [6, 6.07) is 5.00. The summed E-state index contributed by atoms with van der Waals surface area (Å²) in [5.74, 6) is -0.834. The SMILES string of the molecule is O=C(O)C(O)c1cc(Br)ccc1OC1CC1. The molecule has 1 atom stereocenters. The van der Waals surface area contributed by atoms with E-state index in [-0.39, 0.29) is 11.7 Å². The molecule has 0 aromatic heterocycles. The van der Waals surface area contributed by atoms with Crippen molar-refractivity contribution in [3.8, 4) is 5.75 Å². The molecule has 1 aliphatic rings. The fourth-order valence-electron chi connectivity index (χ4n) is 1.34.